The van der Waals surface area contributed by atoms with Gasteiger partial charge in [-0.05, 0) is 61.1 Å². The number of nitrogens with two attached hydrogens (primary N) is 1. The quantitative estimate of drug-likeness (QED) is 0.214. The molecular weight excluding hydrogens is 524 g/mol. The summed E-state index contributed by atoms with van der Waals surface area (Å²) in [6.45, 7) is 13.1. The van der Waals surface area contributed by atoms with E-state index in [1.807, 2.05) is 26.0 Å². The van der Waals surface area contributed by atoms with Gasteiger partial charge in [0.15, 0.2) is 11.5 Å². The van der Waals surface area contributed by atoms with Crippen molar-refractivity contribution in [2.75, 3.05) is 27.4 Å². The van der Waals surface area contributed by atoms with E-state index in [9.17, 15) is 14.4 Å². The Balaban J connectivity index is 2.13. The van der Waals surface area contributed by atoms with Gasteiger partial charge in [-0.25, -0.2) is 4.79 Å². The van der Waals surface area contributed by atoms with E-state index in [0.717, 1.165) is 24.8 Å². The number of hydrogen-bond donors (Lipinski definition) is 2. The molecule has 2 amide bonds. The third-order valence-electron chi connectivity index (χ3n) is 8.35. The highest BCUT2D eigenvalue weighted by molar-refractivity contribution is 5.84. The summed E-state index contributed by atoms with van der Waals surface area (Å²) in [5, 5.41) is 3.01. The Morgan fingerprint density at radius 1 is 1.05 bits per heavy atom. The molecule has 1 heterocycles. The van der Waals surface area contributed by atoms with Gasteiger partial charge < -0.3 is 30.0 Å². The van der Waals surface area contributed by atoms with Gasteiger partial charge in [-0.3, -0.25) is 9.59 Å². The van der Waals surface area contributed by atoms with Gasteiger partial charge in [-0.2, -0.15) is 0 Å². The average Bonchev–Trinajstić information content (AvgIpc) is 3.26. The molecule has 0 aromatic heterocycles. The molecule has 0 unspecified atom stereocenters. The first-order valence-electron chi connectivity index (χ1n) is 14.9. The molecule has 9 nitrogen and oxygen atoms in total. The van der Waals surface area contributed by atoms with E-state index in [1.54, 1.807) is 28.1 Å². The summed E-state index contributed by atoms with van der Waals surface area (Å²) in [4.78, 5) is 37.4. The lowest BCUT2D eigenvalue weighted by Gasteiger charge is -2.29. The van der Waals surface area contributed by atoms with E-state index in [4.69, 9.17) is 24.7 Å². The lowest BCUT2D eigenvalue weighted by Crippen LogP contribution is -2.38. The van der Waals surface area contributed by atoms with E-state index in [0.29, 0.717) is 43.5 Å². The Hall–Kier alpha value is -2.81. The first kappa shape index (κ1) is 34.4. The van der Waals surface area contributed by atoms with Crippen LogP contribution in [0, 0.1) is 29.1 Å². The van der Waals surface area contributed by atoms with Crippen LogP contribution in [-0.2, 0) is 25.5 Å². The fraction of sp³-hybridized carbons (Fsp3) is 0.719. The molecule has 9 heteroatoms. The van der Waals surface area contributed by atoms with Crippen molar-refractivity contribution in [1.82, 2.24) is 5.32 Å². The van der Waals surface area contributed by atoms with Gasteiger partial charge in [0.05, 0.1) is 19.8 Å². The van der Waals surface area contributed by atoms with Crippen molar-refractivity contribution in [3.8, 4) is 11.5 Å². The lowest BCUT2D eigenvalue weighted by molar-refractivity contribution is -0.128. The third kappa shape index (κ3) is 10.5. The summed E-state index contributed by atoms with van der Waals surface area (Å²) in [5.74, 6) is 1.44. The summed E-state index contributed by atoms with van der Waals surface area (Å²) in [6.07, 6.45) is 2.56. The minimum absolute atomic E-state index is 0.0710. The molecule has 0 aliphatic carbocycles. The van der Waals surface area contributed by atoms with Gasteiger partial charge in [0.2, 0.25) is 5.91 Å². The molecule has 1 aliphatic heterocycles. The smallest absolute Gasteiger partial charge is 0.407 e. The highest BCUT2D eigenvalue weighted by atomic mass is 16.6. The van der Waals surface area contributed by atoms with Crippen molar-refractivity contribution in [2.24, 2.45) is 34.8 Å². The summed E-state index contributed by atoms with van der Waals surface area (Å²) < 4.78 is 22.3. The monoisotopic (exact) mass is 576 g/mol. The molecule has 0 bridgehead atoms. The van der Waals surface area contributed by atoms with Crippen molar-refractivity contribution in [1.29, 1.82) is 0 Å². The number of methoxy groups -OCH3 is 2. The second-order valence-corrected chi connectivity index (χ2v) is 12.6. The Morgan fingerprint density at radius 3 is 2.34 bits per heavy atom. The Bertz CT molecular complexity index is 1010. The summed E-state index contributed by atoms with van der Waals surface area (Å²) in [6, 6.07) is 5.82. The molecule has 1 aromatic rings. The summed E-state index contributed by atoms with van der Waals surface area (Å²) in [7, 11) is 3.30. The molecule has 0 spiro atoms. The third-order valence-corrected chi connectivity index (χ3v) is 8.35. The number of nitrogens with one attached hydrogen (secondary N) is 1. The molecule has 1 aromatic carbocycles. The number of hydrogen-bond acceptors (Lipinski definition) is 7. The van der Waals surface area contributed by atoms with Crippen LogP contribution in [0.5, 0.6) is 11.5 Å². The fourth-order valence-corrected chi connectivity index (χ4v) is 5.26. The van der Waals surface area contributed by atoms with Crippen LogP contribution in [0.1, 0.15) is 79.2 Å². The molecule has 0 radical (unpaired) electrons. The SMILES string of the molecule is COCCCOc1cc(C[C@@H](C[C@@H]2NC(=O)O[C@H]2C[C@H](C(=O)CCC(C)(C)C(N)=O)C(C)C)C(C)C)ccc1OC. The molecule has 2 rings (SSSR count). The Morgan fingerprint density at radius 2 is 1.76 bits per heavy atom. The van der Waals surface area contributed by atoms with Crippen LogP contribution in [0.3, 0.4) is 0 Å². The molecular formula is C32H52N2O7. The zero-order chi connectivity index (χ0) is 30.7. The summed E-state index contributed by atoms with van der Waals surface area (Å²) in [5.41, 5.74) is 5.88. The zero-order valence-corrected chi connectivity index (χ0v) is 26.3. The first-order chi connectivity index (χ1) is 19.3. The van der Waals surface area contributed by atoms with Crippen LogP contribution in [0.4, 0.5) is 4.79 Å². The van der Waals surface area contributed by atoms with Gasteiger partial charge in [-0.1, -0.05) is 47.6 Å². The molecule has 1 aliphatic rings. The molecule has 1 saturated heterocycles. The maximum atomic E-state index is 13.3. The highest BCUT2D eigenvalue weighted by Gasteiger charge is 2.40. The fourth-order valence-electron chi connectivity index (χ4n) is 5.26. The van der Waals surface area contributed by atoms with E-state index < -0.39 is 23.5 Å². The molecule has 1 fully saturated rings. The van der Waals surface area contributed by atoms with Crippen molar-refractivity contribution >= 4 is 17.8 Å². The van der Waals surface area contributed by atoms with Crippen LogP contribution in [-0.4, -0.2) is 57.4 Å². The molecule has 0 saturated carbocycles. The number of carbonyl (C=O) groups is 3. The van der Waals surface area contributed by atoms with Crippen LogP contribution in [0.15, 0.2) is 18.2 Å². The Kier molecular flexibility index (Phi) is 13.4. The number of alkyl carbamates (subject to hydrolysis) is 1. The van der Waals surface area contributed by atoms with Crippen molar-refractivity contribution in [3.63, 3.8) is 0 Å². The van der Waals surface area contributed by atoms with Gasteiger partial charge in [0.25, 0.3) is 0 Å². The Labute approximate surface area is 246 Å². The van der Waals surface area contributed by atoms with E-state index >= 15 is 0 Å². The predicted octanol–water partition coefficient (Wildman–Crippen LogP) is 5.32. The lowest BCUT2D eigenvalue weighted by atomic mass is 9.78. The molecule has 4 atom stereocenters. The number of ketones is 1. The van der Waals surface area contributed by atoms with Crippen molar-refractivity contribution in [2.45, 2.75) is 92.2 Å². The van der Waals surface area contributed by atoms with E-state index in [2.05, 4.69) is 25.2 Å². The highest BCUT2D eigenvalue weighted by Crippen LogP contribution is 2.34. The number of Topliss-reactive ketones (excluding diaryl/α,β-unsaturated/α-hetero) is 1. The van der Waals surface area contributed by atoms with Crippen LogP contribution in [0.25, 0.3) is 0 Å². The topological polar surface area (TPSA) is 126 Å². The number of amides is 2. The number of cyclic esters (lactones) is 1. The predicted molar refractivity (Wildman–Crippen MR) is 159 cm³/mol. The maximum absolute atomic E-state index is 13.3. The second kappa shape index (κ2) is 16.0. The second-order valence-electron chi connectivity index (χ2n) is 12.6. The van der Waals surface area contributed by atoms with Crippen LogP contribution in [0.2, 0.25) is 0 Å². The number of rotatable bonds is 19. The van der Waals surface area contributed by atoms with Crippen LogP contribution >= 0.6 is 0 Å². The van der Waals surface area contributed by atoms with Gasteiger partial charge in [-0.15, -0.1) is 0 Å². The maximum Gasteiger partial charge on any atom is 0.407 e. The number of primary amides is 1. The van der Waals surface area contributed by atoms with Crippen molar-refractivity contribution in [3.05, 3.63) is 23.8 Å². The standard InChI is InChI=1S/C32H52N2O7/c1-20(2)23(16-22-10-11-27(39-8)29(17-22)40-15-9-14-38-7)18-25-28(41-31(37)34-25)19-24(21(3)4)26(35)12-13-32(5,6)30(33)36/h10-11,17,20-21,23-25,28H,9,12-16,18-19H2,1-8H3,(H2,33,36)(H,34,37)/t23-,24-,25-,28-/m0/s1. The number of carbonyl (C=O) groups excluding carboxylic acids is 3. The molecule has 232 valence electrons. The van der Waals surface area contributed by atoms with E-state index in [-0.39, 0.29) is 36.0 Å². The first-order valence-corrected chi connectivity index (χ1v) is 14.9. The van der Waals surface area contributed by atoms with Gasteiger partial charge in [0, 0.05) is 37.9 Å². The van der Waals surface area contributed by atoms with E-state index in [1.165, 1.54) is 0 Å². The minimum Gasteiger partial charge on any atom is -0.493 e. The average molecular weight is 577 g/mol. The summed E-state index contributed by atoms with van der Waals surface area (Å²) >= 11 is 0. The molecule has 3 N–H and O–H groups in total. The van der Waals surface area contributed by atoms with Gasteiger partial charge in [0.1, 0.15) is 11.9 Å². The van der Waals surface area contributed by atoms with Crippen molar-refractivity contribution < 1.29 is 33.3 Å². The zero-order valence-electron chi connectivity index (χ0n) is 26.3. The largest absolute Gasteiger partial charge is 0.493 e. The number of ether oxygens (including phenoxy) is 4. The number of benzene rings is 1. The normalized spacial score (nSPS) is 18.6. The minimum atomic E-state index is -0.748. The van der Waals surface area contributed by atoms with Crippen LogP contribution < -0.4 is 20.5 Å². The van der Waals surface area contributed by atoms with Gasteiger partial charge >= 0.3 is 6.09 Å². The molecule has 41 heavy (non-hydrogen) atoms.